The van der Waals surface area contributed by atoms with E-state index < -0.39 is 5.91 Å². The summed E-state index contributed by atoms with van der Waals surface area (Å²) < 4.78 is 10.2. The van der Waals surface area contributed by atoms with Crippen LogP contribution < -0.4 is 14.9 Å². The van der Waals surface area contributed by atoms with E-state index in [0.717, 1.165) is 0 Å². The molecule has 2 aromatic carbocycles. The zero-order chi connectivity index (χ0) is 16.8. The number of methoxy groups -OCH3 is 2. The summed E-state index contributed by atoms with van der Waals surface area (Å²) in [6.07, 6.45) is 1.27. The molecule has 0 unspecified atom stereocenters. The molecule has 0 saturated carbocycles. The Kier molecular flexibility index (Phi) is 5.03. The van der Waals surface area contributed by atoms with Gasteiger partial charge in [-0.25, -0.2) is 5.43 Å². The molecule has 2 rings (SSSR count). The number of carbonyl (C=O) groups is 1. The minimum absolute atomic E-state index is 0.0633. The lowest BCUT2D eigenvalue weighted by Gasteiger charge is -2.08. The van der Waals surface area contributed by atoms with Crippen LogP contribution in [0.4, 0.5) is 0 Å². The van der Waals surface area contributed by atoms with E-state index in [1.54, 1.807) is 18.2 Å². The molecule has 0 aromatic heterocycles. The highest BCUT2D eigenvalue weighted by atomic mass is 16.5. The zero-order valence-corrected chi connectivity index (χ0v) is 12.6. The van der Waals surface area contributed by atoms with E-state index in [-0.39, 0.29) is 11.5 Å². The zero-order valence-electron chi connectivity index (χ0n) is 12.6. The standard InChI is InChI=1S/C16H16N2O5/c1-22-12-5-6-13(15(8-12)23-2)16(21)18-17-9-10-3-4-11(19)7-14(10)20/h3-9,19-20H,1-2H3,(H,18,21)/b17-9-. The Balaban J connectivity index is 2.11. The molecule has 0 radical (unpaired) electrons. The van der Waals surface area contributed by atoms with Crippen LogP contribution >= 0.6 is 0 Å². The first kappa shape index (κ1) is 16.2. The molecule has 0 bridgehead atoms. The Bertz CT molecular complexity index is 743. The van der Waals surface area contributed by atoms with E-state index in [1.807, 2.05) is 0 Å². The predicted octanol–water partition coefficient (Wildman–Crippen LogP) is 1.88. The number of aromatic hydroxyl groups is 2. The predicted molar refractivity (Wildman–Crippen MR) is 84.4 cm³/mol. The lowest BCUT2D eigenvalue weighted by molar-refractivity contribution is 0.0952. The molecule has 0 atom stereocenters. The maximum absolute atomic E-state index is 12.1. The van der Waals surface area contributed by atoms with Crippen molar-refractivity contribution in [1.29, 1.82) is 0 Å². The minimum Gasteiger partial charge on any atom is -0.508 e. The molecule has 23 heavy (non-hydrogen) atoms. The number of nitrogens with zero attached hydrogens (tertiary/aromatic N) is 1. The first-order chi connectivity index (χ1) is 11.0. The van der Waals surface area contributed by atoms with E-state index in [9.17, 15) is 15.0 Å². The van der Waals surface area contributed by atoms with E-state index in [4.69, 9.17) is 9.47 Å². The van der Waals surface area contributed by atoms with Gasteiger partial charge in [-0.15, -0.1) is 0 Å². The summed E-state index contributed by atoms with van der Waals surface area (Å²) in [7, 11) is 2.96. The van der Waals surface area contributed by atoms with Crippen LogP contribution in [-0.2, 0) is 0 Å². The topological polar surface area (TPSA) is 100 Å². The number of phenols is 2. The summed E-state index contributed by atoms with van der Waals surface area (Å²) in [4.78, 5) is 12.1. The lowest BCUT2D eigenvalue weighted by atomic mass is 10.2. The average Bonchev–Trinajstić information content (AvgIpc) is 2.56. The molecule has 7 nitrogen and oxygen atoms in total. The summed E-state index contributed by atoms with van der Waals surface area (Å²) in [5.41, 5.74) is 2.98. The molecule has 0 aliphatic heterocycles. The second kappa shape index (κ2) is 7.17. The van der Waals surface area contributed by atoms with Crippen molar-refractivity contribution in [2.75, 3.05) is 14.2 Å². The Hall–Kier alpha value is -3.22. The van der Waals surface area contributed by atoms with Crippen molar-refractivity contribution in [2.45, 2.75) is 0 Å². The van der Waals surface area contributed by atoms with Crippen LogP contribution in [0.3, 0.4) is 0 Å². The highest BCUT2D eigenvalue weighted by molar-refractivity contribution is 5.97. The number of hydrogen-bond donors (Lipinski definition) is 3. The smallest absolute Gasteiger partial charge is 0.275 e. The minimum atomic E-state index is -0.473. The Morgan fingerprint density at radius 2 is 1.91 bits per heavy atom. The Labute approximate surface area is 132 Å². The largest absolute Gasteiger partial charge is 0.508 e. The second-order valence-electron chi connectivity index (χ2n) is 4.51. The third-order valence-electron chi connectivity index (χ3n) is 3.04. The van der Waals surface area contributed by atoms with Crippen molar-refractivity contribution in [1.82, 2.24) is 5.43 Å². The molecular formula is C16H16N2O5. The van der Waals surface area contributed by atoms with Gasteiger partial charge < -0.3 is 19.7 Å². The molecule has 1 amide bonds. The van der Waals surface area contributed by atoms with Crippen molar-refractivity contribution >= 4 is 12.1 Å². The molecular weight excluding hydrogens is 300 g/mol. The van der Waals surface area contributed by atoms with Gasteiger partial charge in [0.05, 0.1) is 26.0 Å². The summed E-state index contributed by atoms with van der Waals surface area (Å²) in [6, 6.07) is 8.82. The second-order valence-corrected chi connectivity index (χ2v) is 4.51. The number of benzene rings is 2. The summed E-state index contributed by atoms with van der Waals surface area (Å²) in [5, 5.41) is 22.6. The number of rotatable bonds is 5. The fourth-order valence-electron chi connectivity index (χ4n) is 1.85. The molecule has 0 fully saturated rings. The highest BCUT2D eigenvalue weighted by Gasteiger charge is 2.12. The number of amides is 1. The van der Waals surface area contributed by atoms with Crippen molar-refractivity contribution in [3.63, 3.8) is 0 Å². The van der Waals surface area contributed by atoms with Gasteiger partial charge in [0.1, 0.15) is 23.0 Å². The number of hydrogen-bond acceptors (Lipinski definition) is 6. The van der Waals surface area contributed by atoms with Gasteiger partial charge >= 0.3 is 0 Å². The molecule has 0 heterocycles. The van der Waals surface area contributed by atoms with Crippen molar-refractivity contribution < 1.29 is 24.5 Å². The van der Waals surface area contributed by atoms with Crippen LogP contribution in [0.25, 0.3) is 0 Å². The summed E-state index contributed by atoms with van der Waals surface area (Å²) >= 11 is 0. The SMILES string of the molecule is COc1ccc(C(=O)N/N=C\c2ccc(O)cc2O)c(OC)c1. The normalized spacial score (nSPS) is 10.5. The van der Waals surface area contributed by atoms with E-state index >= 15 is 0 Å². The van der Waals surface area contributed by atoms with Crippen LogP contribution in [0.1, 0.15) is 15.9 Å². The maximum atomic E-state index is 12.1. The van der Waals surface area contributed by atoms with Crippen molar-refractivity contribution in [2.24, 2.45) is 5.10 Å². The Morgan fingerprint density at radius 1 is 1.13 bits per heavy atom. The van der Waals surface area contributed by atoms with E-state index in [1.165, 1.54) is 38.6 Å². The first-order valence-corrected chi connectivity index (χ1v) is 6.62. The van der Waals surface area contributed by atoms with Crippen LogP contribution in [0.2, 0.25) is 0 Å². The lowest BCUT2D eigenvalue weighted by Crippen LogP contribution is -2.18. The third-order valence-corrected chi connectivity index (χ3v) is 3.04. The molecule has 2 aromatic rings. The molecule has 0 spiro atoms. The van der Waals surface area contributed by atoms with Crippen LogP contribution in [-0.4, -0.2) is 36.6 Å². The molecule has 120 valence electrons. The maximum Gasteiger partial charge on any atom is 0.275 e. The van der Waals surface area contributed by atoms with E-state index in [0.29, 0.717) is 22.6 Å². The van der Waals surface area contributed by atoms with Gasteiger partial charge in [0.25, 0.3) is 5.91 Å². The van der Waals surface area contributed by atoms with Gasteiger partial charge in [0.15, 0.2) is 0 Å². The highest BCUT2D eigenvalue weighted by Crippen LogP contribution is 2.24. The van der Waals surface area contributed by atoms with Crippen LogP contribution in [0, 0.1) is 0 Å². The van der Waals surface area contributed by atoms with Gasteiger partial charge in [-0.3, -0.25) is 4.79 Å². The van der Waals surface area contributed by atoms with Gasteiger partial charge in [-0.05, 0) is 24.3 Å². The fourth-order valence-corrected chi connectivity index (χ4v) is 1.85. The van der Waals surface area contributed by atoms with Crippen LogP contribution in [0.15, 0.2) is 41.5 Å². The quantitative estimate of drug-likeness (QED) is 0.577. The van der Waals surface area contributed by atoms with Gasteiger partial charge in [0, 0.05) is 17.7 Å². The third kappa shape index (κ3) is 3.91. The first-order valence-electron chi connectivity index (χ1n) is 6.62. The number of nitrogens with one attached hydrogen (secondary N) is 1. The van der Waals surface area contributed by atoms with Crippen molar-refractivity contribution in [3.05, 3.63) is 47.5 Å². The Morgan fingerprint density at radius 3 is 2.57 bits per heavy atom. The summed E-state index contributed by atoms with van der Waals surface area (Å²) in [5.74, 6) is 0.233. The molecule has 0 aliphatic carbocycles. The van der Waals surface area contributed by atoms with Crippen LogP contribution in [0.5, 0.6) is 23.0 Å². The molecule has 3 N–H and O–H groups in total. The molecule has 0 aliphatic rings. The molecule has 7 heteroatoms. The van der Waals surface area contributed by atoms with Crippen molar-refractivity contribution in [3.8, 4) is 23.0 Å². The summed E-state index contributed by atoms with van der Waals surface area (Å²) in [6.45, 7) is 0. The molecule has 0 saturated heterocycles. The van der Waals surface area contributed by atoms with Gasteiger partial charge in [0.2, 0.25) is 0 Å². The van der Waals surface area contributed by atoms with Gasteiger partial charge in [-0.2, -0.15) is 5.10 Å². The number of carbonyl (C=O) groups excluding carboxylic acids is 1. The number of hydrazone groups is 1. The van der Waals surface area contributed by atoms with Gasteiger partial charge in [-0.1, -0.05) is 0 Å². The fraction of sp³-hybridized carbons (Fsp3) is 0.125. The number of ether oxygens (including phenoxy) is 2. The average molecular weight is 316 g/mol. The monoisotopic (exact) mass is 316 g/mol. The van der Waals surface area contributed by atoms with E-state index in [2.05, 4.69) is 10.5 Å². The number of phenolic OH excluding ortho intramolecular Hbond substituents is 2.